The average molecular weight is 413 g/mol. The smallest absolute Gasteiger partial charge is 0.291 e. The maximum absolute atomic E-state index is 14.5. The molecular formula is C22H28FN5O2. The third-order valence-corrected chi connectivity index (χ3v) is 6.48. The summed E-state index contributed by atoms with van der Waals surface area (Å²) >= 11 is 0. The van der Waals surface area contributed by atoms with Crippen molar-refractivity contribution in [1.82, 2.24) is 24.8 Å². The van der Waals surface area contributed by atoms with Crippen molar-refractivity contribution in [2.75, 3.05) is 32.8 Å². The van der Waals surface area contributed by atoms with Crippen LogP contribution in [0.1, 0.15) is 50.1 Å². The Morgan fingerprint density at radius 2 is 1.93 bits per heavy atom. The number of benzene rings is 1. The van der Waals surface area contributed by atoms with Crippen molar-refractivity contribution in [2.24, 2.45) is 5.92 Å². The summed E-state index contributed by atoms with van der Waals surface area (Å²) in [5, 5.41) is 9.48. The van der Waals surface area contributed by atoms with Gasteiger partial charge >= 0.3 is 0 Å². The molecule has 1 aromatic carbocycles. The monoisotopic (exact) mass is 413 g/mol. The van der Waals surface area contributed by atoms with Gasteiger partial charge in [-0.2, -0.15) is 14.8 Å². The van der Waals surface area contributed by atoms with Crippen LogP contribution < -0.4 is 0 Å². The third-order valence-electron chi connectivity index (χ3n) is 6.48. The summed E-state index contributed by atoms with van der Waals surface area (Å²) in [7, 11) is 0. The van der Waals surface area contributed by atoms with Crippen LogP contribution in [-0.4, -0.2) is 57.7 Å². The van der Waals surface area contributed by atoms with Crippen LogP contribution in [0.25, 0.3) is 16.9 Å². The van der Waals surface area contributed by atoms with Gasteiger partial charge in [0.2, 0.25) is 5.89 Å². The minimum atomic E-state index is -0.326. The number of piperidine rings is 1. The first-order valence-corrected chi connectivity index (χ1v) is 11.0. The molecule has 0 saturated carbocycles. The minimum absolute atomic E-state index is 0.245. The SMILES string of the molecule is CCc1nn(-c2noc(C3CCN(CC4CCOCC4)CC3)n2)c2c(F)cccc12. The molecule has 2 aromatic heterocycles. The van der Waals surface area contributed by atoms with Gasteiger partial charge in [0.25, 0.3) is 5.95 Å². The number of hydrogen-bond donors (Lipinski definition) is 0. The zero-order valence-corrected chi connectivity index (χ0v) is 17.4. The van der Waals surface area contributed by atoms with Crippen LogP contribution in [0, 0.1) is 11.7 Å². The second-order valence-corrected chi connectivity index (χ2v) is 8.41. The highest BCUT2D eigenvalue weighted by molar-refractivity contribution is 5.83. The first kappa shape index (κ1) is 19.6. The van der Waals surface area contributed by atoms with E-state index in [4.69, 9.17) is 9.26 Å². The van der Waals surface area contributed by atoms with E-state index < -0.39 is 0 Å². The van der Waals surface area contributed by atoms with Crippen molar-refractivity contribution < 1.29 is 13.7 Å². The lowest BCUT2D eigenvalue weighted by molar-refractivity contribution is 0.0481. The van der Waals surface area contributed by atoms with Crippen LogP contribution in [0.2, 0.25) is 0 Å². The highest BCUT2D eigenvalue weighted by Crippen LogP contribution is 2.30. The van der Waals surface area contributed by atoms with Gasteiger partial charge in [0, 0.05) is 31.1 Å². The molecule has 0 amide bonds. The van der Waals surface area contributed by atoms with Gasteiger partial charge in [-0.3, -0.25) is 0 Å². The highest BCUT2D eigenvalue weighted by atomic mass is 19.1. The minimum Gasteiger partial charge on any atom is -0.381 e. The molecular weight excluding hydrogens is 385 g/mol. The molecule has 0 atom stereocenters. The van der Waals surface area contributed by atoms with E-state index in [0.717, 1.165) is 62.7 Å². The van der Waals surface area contributed by atoms with Gasteiger partial charge in [-0.15, -0.1) is 0 Å². The van der Waals surface area contributed by atoms with Crippen molar-refractivity contribution in [3.05, 3.63) is 35.6 Å². The van der Waals surface area contributed by atoms with Gasteiger partial charge in [-0.1, -0.05) is 19.1 Å². The quantitative estimate of drug-likeness (QED) is 0.635. The number of ether oxygens (including phenoxy) is 1. The number of aromatic nitrogens is 4. The van der Waals surface area contributed by atoms with E-state index in [1.807, 2.05) is 13.0 Å². The molecule has 2 aliphatic heterocycles. The van der Waals surface area contributed by atoms with E-state index in [1.54, 1.807) is 6.07 Å². The van der Waals surface area contributed by atoms with Crippen molar-refractivity contribution >= 4 is 10.9 Å². The molecule has 0 bridgehead atoms. The Hall–Kier alpha value is -2.32. The molecule has 30 heavy (non-hydrogen) atoms. The summed E-state index contributed by atoms with van der Waals surface area (Å²) in [6.07, 6.45) is 5.05. The molecule has 160 valence electrons. The van der Waals surface area contributed by atoms with Crippen LogP contribution in [0.15, 0.2) is 22.7 Å². The number of aryl methyl sites for hydroxylation is 1. The Bertz CT molecular complexity index is 1000. The predicted octanol–water partition coefficient (Wildman–Crippen LogP) is 3.72. The van der Waals surface area contributed by atoms with Gasteiger partial charge in [0.05, 0.1) is 5.69 Å². The Morgan fingerprint density at radius 3 is 2.70 bits per heavy atom. The van der Waals surface area contributed by atoms with E-state index >= 15 is 0 Å². The van der Waals surface area contributed by atoms with Crippen molar-refractivity contribution in [3.8, 4) is 5.95 Å². The standard InChI is InChI=1S/C22H28FN5O2/c1-2-19-17-4-3-5-18(23)20(17)28(25-19)22-24-21(30-26-22)16-6-10-27(11-7-16)14-15-8-12-29-13-9-15/h3-5,15-16H,2,6-14H2,1H3. The molecule has 0 unspecified atom stereocenters. The topological polar surface area (TPSA) is 69.2 Å². The van der Waals surface area contributed by atoms with Crippen LogP contribution in [0.4, 0.5) is 4.39 Å². The zero-order valence-electron chi connectivity index (χ0n) is 17.4. The molecule has 2 fully saturated rings. The van der Waals surface area contributed by atoms with E-state index in [-0.39, 0.29) is 11.7 Å². The van der Waals surface area contributed by atoms with Gasteiger partial charge in [0.15, 0.2) is 0 Å². The number of rotatable bonds is 5. The number of hydrogen-bond acceptors (Lipinski definition) is 6. The summed E-state index contributed by atoms with van der Waals surface area (Å²) < 4.78 is 27.1. The molecule has 0 spiro atoms. The fourth-order valence-corrected chi connectivity index (χ4v) is 4.73. The zero-order chi connectivity index (χ0) is 20.5. The van der Waals surface area contributed by atoms with Crippen LogP contribution in [-0.2, 0) is 11.2 Å². The summed E-state index contributed by atoms with van der Waals surface area (Å²) in [4.78, 5) is 7.15. The molecule has 0 radical (unpaired) electrons. The summed E-state index contributed by atoms with van der Waals surface area (Å²) in [6, 6.07) is 5.03. The molecule has 8 heteroatoms. The first-order chi connectivity index (χ1) is 14.7. The number of nitrogens with zero attached hydrogens (tertiary/aromatic N) is 5. The predicted molar refractivity (Wildman–Crippen MR) is 110 cm³/mol. The molecule has 5 rings (SSSR count). The molecule has 3 aromatic rings. The fourth-order valence-electron chi connectivity index (χ4n) is 4.73. The van der Waals surface area contributed by atoms with Gasteiger partial charge in [-0.05, 0) is 62.3 Å². The van der Waals surface area contributed by atoms with Gasteiger partial charge in [0.1, 0.15) is 11.3 Å². The molecule has 0 aliphatic carbocycles. The van der Waals surface area contributed by atoms with Gasteiger partial charge in [-0.25, -0.2) is 4.39 Å². The third kappa shape index (κ3) is 3.74. The highest BCUT2D eigenvalue weighted by Gasteiger charge is 2.28. The van der Waals surface area contributed by atoms with Crippen LogP contribution >= 0.6 is 0 Å². The maximum Gasteiger partial charge on any atom is 0.291 e. The fraction of sp³-hybridized carbons (Fsp3) is 0.591. The van der Waals surface area contributed by atoms with E-state index in [1.165, 1.54) is 23.6 Å². The lowest BCUT2D eigenvalue weighted by Gasteiger charge is -2.34. The van der Waals surface area contributed by atoms with Crippen molar-refractivity contribution in [3.63, 3.8) is 0 Å². The lowest BCUT2D eigenvalue weighted by Crippen LogP contribution is -2.38. The normalized spacial score (nSPS) is 19.7. The molecule has 7 nitrogen and oxygen atoms in total. The summed E-state index contributed by atoms with van der Waals surface area (Å²) in [6.45, 7) is 7.04. The largest absolute Gasteiger partial charge is 0.381 e. The number of para-hydroxylation sites is 1. The summed E-state index contributed by atoms with van der Waals surface area (Å²) in [5.74, 6) is 1.61. The number of fused-ring (bicyclic) bond motifs is 1. The Balaban J connectivity index is 1.29. The van der Waals surface area contributed by atoms with Gasteiger partial charge < -0.3 is 14.2 Å². The first-order valence-electron chi connectivity index (χ1n) is 11.0. The lowest BCUT2D eigenvalue weighted by atomic mass is 9.94. The molecule has 0 N–H and O–H groups in total. The number of likely N-dealkylation sites (tertiary alicyclic amines) is 1. The van der Waals surface area contributed by atoms with Crippen LogP contribution in [0.5, 0.6) is 0 Å². The average Bonchev–Trinajstić information content (AvgIpc) is 3.40. The molecule has 4 heterocycles. The van der Waals surface area contributed by atoms with Crippen molar-refractivity contribution in [1.29, 1.82) is 0 Å². The second-order valence-electron chi connectivity index (χ2n) is 8.41. The molecule has 2 saturated heterocycles. The van der Waals surface area contributed by atoms with E-state index in [0.29, 0.717) is 23.8 Å². The van der Waals surface area contributed by atoms with E-state index in [9.17, 15) is 4.39 Å². The maximum atomic E-state index is 14.5. The van der Waals surface area contributed by atoms with Crippen molar-refractivity contribution in [2.45, 2.75) is 44.9 Å². The second kappa shape index (κ2) is 8.43. The Morgan fingerprint density at radius 1 is 1.13 bits per heavy atom. The summed E-state index contributed by atoms with van der Waals surface area (Å²) in [5.41, 5.74) is 1.24. The Kier molecular flexibility index (Phi) is 5.52. The Labute approximate surface area is 175 Å². The van der Waals surface area contributed by atoms with E-state index in [2.05, 4.69) is 20.1 Å². The molecule has 2 aliphatic rings. The van der Waals surface area contributed by atoms with Crippen LogP contribution in [0.3, 0.4) is 0 Å². The number of halogens is 1.